The van der Waals surface area contributed by atoms with Crippen LogP contribution in [-0.2, 0) is 20.7 Å². The molecular weight excluding hydrogens is 590 g/mol. The lowest BCUT2D eigenvalue weighted by molar-refractivity contribution is -0.130. The quantitative estimate of drug-likeness (QED) is 0.271. The Morgan fingerprint density at radius 3 is 2.32 bits per heavy atom. The zero-order chi connectivity index (χ0) is 29.4. The van der Waals surface area contributed by atoms with Crippen molar-refractivity contribution in [2.45, 2.75) is 64.5 Å². The van der Waals surface area contributed by atoms with Crippen LogP contribution in [0.2, 0.25) is 0 Å². The van der Waals surface area contributed by atoms with E-state index in [9.17, 15) is 14.4 Å². The highest BCUT2D eigenvalue weighted by Crippen LogP contribution is 2.29. The number of anilines is 1. The van der Waals surface area contributed by atoms with Crippen molar-refractivity contribution in [1.82, 2.24) is 31.3 Å². The van der Waals surface area contributed by atoms with E-state index < -0.39 is 17.7 Å². The maximum atomic E-state index is 13.4. The molecule has 218 valence electrons. The lowest BCUT2D eigenvalue weighted by Crippen LogP contribution is -2.48. The Morgan fingerprint density at radius 1 is 1.02 bits per heavy atom. The van der Waals surface area contributed by atoms with Gasteiger partial charge in [-0.25, -0.2) is 4.79 Å². The summed E-state index contributed by atoms with van der Waals surface area (Å²) in [6.45, 7) is 6.00. The molecule has 4 rings (SSSR count). The summed E-state index contributed by atoms with van der Waals surface area (Å²) in [5.41, 5.74) is 1.74. The molecule has 0 radical (unpaired) electrons. The number of halogens is 1. The maximum absolute atomic E-state index is 13.4. The zero-order valence-corrected chi connectivity index (χ0v) is 25.0. The van der Waals surface area contributed by atoms with Crippen LogP contribution >= 0.6 is 15.9 Å². The van der Waals surface area contributed by atoms with E-state index in [1.165, 1.54) is 0 Å². The van der Waals surface area contributed by atoms with Gasteiger partial charge in [-0.3, -0.25) is 9.59 Å². The molecule has 1 saturated carbocycles. The lowest BCUT2D eigenvalue weighted by atomic mass is 9.81. The van der Waals surface area contributed by atoms with Gasteiger partial charge in [0.25, 0.3) is 0 Å². The number of benzene rings is 2. The van der Waals surface area contributed by atoms with Crippen molar-refractivity contribution in [1.29, 1.82) is 0 Å². The predicted molar refractivity (Wildman–Crippen MR) is 158 cm³/mol. The Bertz CT molecular complexity index is 1300. The van der Waals surface area contributed by atoms with Crippen molar-refractivity contribution in [3.8, 4) is 11.4 Å². The number of ether oxygens (including phenoxy) is 1. The number of amides is 3. The Kier molecular flexibility index (Phi) is 10.1. The molecular formula is C29H36BrN7O4. The highest BCUT2D eigenvalue weighted by Gasteiger charge is 2.30. The first-order chi connectivity index (χ1) is 19.6. The first-order valence-corrected chi connectivity index (χ1v) is 14.5. The molecule has 0 spiro atoms. The number of nitrogens with zero attached hydrogens (tertiary/aromatic N) is 3. The summed E-state index contributed by atoms with van der Waals surface area (Å²) in [4.78, 5) is 38.7. The van der Waals surface area contributed by atoms with Crippen molar-refractivity contribution in [2.24, 2.45) is 11.8 Å². The van der Waals surface area contributed by atoms with E-state index in [1.807, 2.05) is 45.0 Å². The van der Waals surface area contributed by atoms with E-state index in [1.54, 1.807) is 24.3 Å². The number of carbonyl (C=O) groups is 3. The number of aromatic amines is 1. The van der Waals surface area contributed by atoms with Crippen LogP contribution < -0.4 is 16.0 Å². The number of alkyl carbamates (subject to hydrolysis) is 1. The summed E-state index contributed by atoms with van der Waals surface area (Å²) in [5.74, 6) is 0.113. The third kappa shape index (κ3) is 9.38. The SMILES string of the molecule is CC(C)(C)OC(=O)NCC1CCC(C(=O)NC(Cc2ccc(Br)cc2)C(=O)Nc2ccc(-c3nn[nH]n3)cc2)CC1. The van der Waals surface area contributed by atoms with Crippen LogP contribution in [0.3, 0.4) is 0 Å². The minimum atomic E-state index is -0.757. The molecule has 1 unspecified atom stereocenters. The first kappa shape index (κ1) is 30.2. The predicted octanol–water partition coefficient (Wildman–Crippen LogP) is 4.63. The largest absolute Gasteiger partial charge is 0.444 e. The minimum Gasteiger partial charge on any atom is -0.444 e. The van der Waals surface area contributed by atoms with E-state index in [0.717, 1.165) is 28.4 Å². The fourth-order valence-electron chi connectivity index (χ4n) is 4.74. The van der Waals surface area contributed by atoms with Crippen LogP contribution in [0, 0.1) is 11.8 Å². The molecule has 0 saturated heterocycles. The molecule has 1 aliphatic rings. The summed E-state index contributed by atoms with van der Waals surface area (Å²) < 4.78 is 6.25. The number of tetrazole rings is 1. The lowest BCUT2D eigenvalue weighted by Gasteiger charge is -2.29. The number of hydrogen-bond donors (Lipinski definition) is 4. The fourth-order valence-corrected chi connectivity index (χ4v) is 5.01. The van der Waals surface area contributed by atoms with Crippen LogP contribution in [0.5, 0.6) is 0 Å². The summed E-state index contributed by atoms with van der Waals surface area (Å²) in [6, 6.07) is 14.0. The van der Waals surface area contributed by atoms with E-state index >= 15 is 0 Å². The van der Waals surface area contributed by atoms with Gasteiger partial charge in [0.15, 0.2) is 0 Å². The molecule has 1 atom stereocenters. The Balaban J connectivity index is 1.34. The number of hydrogen-bond acceptors (Lipinski definition) is 7. The van der Waals surface area contributed by atoms with Gasteiger partial charge in [-0.05, 0) is 99.5 Å². The Hall–Kier alpha value is -3.80. The summed E-state index contributed by atoms with van der Waals surface area (Å²) in [5, 5.41) is 22.7. The van der Waals surface area contributed by atoms with Gasteiger partial charge < -0.3 is 20.7 Å². The van der Waals surface area contributed by atoms with Crippen molar-refractivity contribution in [2.75, 3.05) is 11.9 Å². The van der Waals surface area contributed by atoms with Crippen LogP contribution in [0.1, 0.15) is 52.0 Å². The number of carbonyl (C=O) groups excluding carboxylic acids is 3. The van der Waals surface area contributed by atoms with Gasteiger partial charge in [-0.1, -0.05) is 28.1 Å². The number of rotatable bonds is 9. The number of H-pyrrole nitrogens is 1. The van der Waals surface area contributed by atoms with E-state index in [0.29, 0.717) is 37.3 Å². The second kappa shape index (κ2) is 13.7. The van der Waals surface area contributed by atoms with Crippen LogP contribution in [0.25, 0.3) is 11.4 Å². The van der Waals surface area contributed by atoms with Gasteiger partial charge in [0.1, 0.15) is 11.6 Å². The summed E-state index contributed by atoms with van der Waals surface area (Å²) in [7, 11) is 0. The topological polar surface area (TPSA) is 151 Å². The standard InChI is InChI=1S/C29H36BrN7O4/c1-29(2,3)41-28(40)31-17-19-4-8-21(9-5-19)26(38)33-24(16-18-6-12-22(30)13-7-18)27(39)32-23-14-10-20(11-15-23)25-34-36-37-35-25/h6-7,10-15,19,21,24H,4-5,8-9,16-17H2,1-3H3,(H,31,40)(H,32,39)(H,33,38)(H,34,35,36,37). The molecule has 1 aromatic heterocycles. The van der Waals surface area contributed by atoms with Crippen molar-refractivity contribution in [3.63, 3.8) is 0 Å². The molecule has 1 aliphatic carbocycles. The zero-order valence-electron chi connectivity index (χ0n) is 23.4. The second-order valence-electron chi connectivity index (χ2n) is 11.3. The van der Waals surface area contributed by atoms with Gasteiger partial charge in [0, 0.05) is 34.6 Å². The smallest absolute Gasteiger partial charge is 0.407 e. The average molecular weight is 627 g/mol. The molecule has 12 heteroatoms. The molecule has 11 nitrogen and oxygen atoms in total. The summed E-state index contributed by atoms with van der Waals surface area (Å²) in [6.07, 6.45) is 2.92. The average Bonchev–Trinajstić information content (AvgIpc) is 3.48. The molecule has 41 heavy (non-hydrogen) atoms. The second-order valence-corrected chi connectivity index (χ2v) is 12.2. The van der Waals surface area contributed by atoms with Crippen LogP contribution in [0.4, 0.5) is 10.5 Å². The molecule has 3 aromatic rings. The molecule has 0 aliphatic heterocycles. The molecule has 1 fully saturated rings. The highest BCUT2D eigenvalue weighted by atomic mass is 79.9. The first-order valence-electron chi connectivity index (χ1n) is 13.7. The minimum absolute atomic E-state index is 0.131. The van der Waals surface area contributed by atoms with Gasteiger partial charge >= 0.3 is 6.09 Å². The van der Waals surface area contributed by atoms with Gasteiger partial charge in [-0.2, -0.15) is 5.21 Å². The fraction of sp³-hybridized carbons (Fsp3) is 0.448. The maximum Gasteiger partial charge on any atom is 0.407 e. The third-order valence-electron chi connectivity index (χ3n) is 6.89. The normalized spacial score (nSPS) is 17.8. The summed E-state index contributed by atoms with van der Waals surface area (Å²) >= 11 is 3.44. The Labute approximate surface area is 247 Å². The number of nitrogens with one attached hydrogen (secondary N) is 4. The van der Waals surface area contributed by atoms with E-state index in [4.69, 9.17) is 4.74 Å². The van der Waals surface area contributed by atoms with Gasteiger partial charge in [0.05, 0.1) is 0 Å². The van der Waals surface area contributed by atoms with Crippen LogP contribution in [-0.4, -0.2) is 56.7 Å². The van der Waals surface area contributed by atoms with Crippen molar-refractivity contribution in [3.05, 3.63) is 58.6 Å². The molecule has 3 amide bonds. The molecule has 1 heterocycles. The number of aromatic nitrogens is 4. The monoisotopic (exact) mass is 625 g/mol. The van der Waals surface area contributed by atoms with Gasteiger partial charge in [-0.15, -0.1) is 10.2 Å². The molecule has 2 aromatic carbocycles. The molecule has 0 bridgehead atoms. The highest BCUT2D eigenvalue weighted by molar-refractivity contribution is 9.10. The third-order valence-corrected chi connectivity index (χ3v) is 7.42. The van der Waals surface area contributed by atoms with Crippen LogP contribution in [0.15, 0.2) is 53.0 Å². The van der Waals surface area contributed by atoms with E-state index in [2.05, 4.69) is 52.5 Å². The van der Waals surface area contributed by atoms with Crippen molar-refractivity contribution < 1.29 is 19.1 Å². The van der Waals surface area contributed by atoms with Crippen molar-refractivity contribution >= 4 is 39.5 Å². The molecule has 4 N–H and O–H groups in total. The van der Waals surface area contributed by atoms with Gasteiger partial charge in [0.2, 0.25) is 17.6 Å². The Morgan fingerprint density at radius 2 is 1.71 bits per heavy atom. The van der Waals surface area contributed by atoms with E-state index in [-0.39, 0.29) is 23.7 Å².